The molecule has 0 bridgehead atoms. The van der Waals surface area contributed by atoms with Crippen molar-refractivity contribution in [2.24, 2.45) is 10.9 Å². The summed E-state index contributed by atoms with van der Waals surface area (Å²) in [5.74, 6) is 0.957. The molecule has 0 atom stereocenters. The van der Waals surface area contributed by atoms with Crippen LogP contribution in [0.4, 0.5) is 4.39 Å². The molecule has 140 valence electrons. The number of sulfonamides is 1. The van der Waals surface area contributed by atoms with Crippen LogP contribution in [0.1, 0.15) is 18.4 Å². The lowest BCUT2D eigenvalue weighted by molar-refractivity contribution is 0.273. The summed E-state index contributed by atoms with van der Waals surface area (Å²) in [4.78, 5) is 6.28. The molecule has 0 aromatic heterocycles. The first kappa shape index (κ1) is 19.7. The molecule has 0 radical (unpaired) electrons. The van der Waals surface area contributed by atoms with Gasteiger partial charge in [0.05, 0.1) is 6.26 Å². The first-order chi connectivity index (χ1) is 11.8. The van der Waals surface area contributed by atoms with Crippen LogP contribution in [0.25, 0.3) is 0 Å². The van der Waals surface area contributed by atoms with E-state index in [1.807, 2.05) is 11.9 Å². The summed E-state index contributed by atoms with van der Waals surface area (Å²) in [6.07, 6.45) is 2.95. The summed E-state index contributed by atoms with van der Waals surface area (Å²) in [5, 5.41) is 3.36. The average molecular weight is 370 g/mol. The Labute approximate surface area is 149 Å². The fourth-order valence-electron chi connectivity index (χ4n) is 3.00. The molecule has 1 saturated heterocycles. The van der Waals surface area contributed by atoms with Gasteiger partial charge in [0.15, 0.2) is 5.96 Å². The Kier molecular flexibility index (Phi) is 6.78. The molecule has 1 aliphatic rings. The van der Waals surface area contributed by atoms with Crippen molar-refractivity contribution < 1.29 is 12.8 Å². The van der Waals surface area contributed by atoms with Crippen molar-refractivity contribution in [1.82, 2.24) is 14.5 Å². The molecular weight excluding hydrogens is 343 g/mol. The monoisotopic (exact) mass is 370 g/mol. The third kappa shape index (κ3) is 5.97. The molecule has 0 saturated carbocycles. The molecule has 0 aliphatic carbocycles. The third-order valence-electron chi connectivity index (χ3n) is 4.50. The highest BCUT2D eigenvalue weighted by molar-refractivity contribution is 7.88. The minimum atomic E-state index is -3.08. The van der Waals surface area contributed by atoms with E-state index < -0.39 is 10.0 Å². The predicted octanol–water partition coefficient (Wildman–Crippen LogP) is 1.50. The molecule has 0 spiro atoms. The maximum absolute atomic E-state index is 13.0. The molecule has 0 amide bonds. The van der Waals surface area contributed by atoms with E-state index >= 15 is 0 Å². The summed E-state index contributed by atoms with van der Waals surface area (Å²) >= 11 is 0. The normalized spacial score (nSPS) is 17.5. The molecule has 1 aromatic carbocycles. The molecule has 2 rings (SSSR count). The highest BCUT2D eigenvalue weighted by atomic mass is 32.2. The zero-order chi connectivity index (χ0) is 18.4. The molecular formula is C17H27FN4O2S. The quantitative estimate of drug-likeness (QED) is 0.630. The van der Waals surface area contributed by atoms with E-state index in [2.05, 4.69) is 10.3 Å². The van der Waals surface area contributed by atoms with Gasteiger partial charge in [0.1, 0.15) is 5.82 Å². The lowest BCUT2D eigenvalue weighted by Gasteiger charge is -2.31. The van der Waals surface area contributed by atoms with E-state index in [1.54, 1.807) is 23.5 Å². The maximum atomic E-state index is 13.0. The summed E-state index contributed by atoms with van der Waals surface area (Å²) in [6.45, 7) is 2.55. The second-order valence-electron chi connectivity index (χ2n) is 6.52. The SMILES string of the molecule is CN=C(NCC1CCN(S(C)(=O)=O)CC1)N(C)Cc1ccc(F)cc1. The van der Waals surface area contributed by atoms with Crippen molar-refractivity contribution in [1.29, 1.82) is 0 Å². The van der Waals surface area contributed by atoms with Crippen molar-refractivity contribution in [3.63, 3.8) is 0 Å². The number of aliphatic imine (C=N–C) groups is 1. The lowest BCUT2D eigenvalue weighted by atomic mass is 9.98. The number of nitrogens with zero attached hydrogens (tertiary/aromatic N) is 3. The number of hydrogen-bond donors (Lipinski definition) is 1. The molecule has 1 fully saturated rings. The molecule has 25 heavy (non-hydrogen) atoms. The summed E-state index contributed by atoms with van der Waals surface area (Å²) in [6, 6.07) is 6.43. The molecule has 1 aromatic rings. The number of piperidine rings is 1. The van der Waals surface area contributed by atoms with Crippen LogP contribution in [0.3, 0.4) is 0 Å². The van der Waals surface area contributed by atoms with Crippen LogP contribution < -0.4 is 5.32 Å². The van der Waals surface area contributed by atoms with Crippen LogP contribution in [0.15, 0.2) is 29.3 Å². The molecule has 1 N–H and O–H groups in total. The highest BCUT2D eigenvalue weighted by Gasteiger charge is 2.25. The van der Waals surface area contributed by atoms with Gasteiger partial charge in [-0.15, -0.1) is 0 Å². The molecule has 0 unspecified atom stereocenters. The Morgan fingerprint density at radius 1 is 1.32 bits per heavy atom. The van der Waals surface area contributed by atoms with E-state index in [-0.39, 0.29) is 5.82 Å². The Hall–Kier alpha value is -1.67. The largest absolute Gasteiger partial charge is 0.356 e. The van der Waals surface area contributed by atoms with E-state index in [0.717, 1.165) is 30.9 Å². The Bertz CT molecular complexity index is 683. The first-order valence-corrected chi connectivity index (χ1v) is 10.3. The van der Waals surface area contributed by atoms with Crippen LogP contribution >= 0.6 is 0 Å². The van der Waals surface area contributed by atoms with Gasteiger partial charge in [0.25, 0.3) is 0 Å². The molecule has 6 nitrogen and oxygen atoms in total. The van der Waals surface area contributed by atoms with Gasteiger partial charge in [-0.2, -0.15) is 0 Å². The number of nitrogens with one attached hydrogen (secondary N) is 1. The number of hydrogen-bond acceptors (Lipinski definition) is 3. The van der Waals surface area contributed by atoms with Crippen molar-refractivity contribution in [3.05, 3.63) is 35.6 Å². The maximum Gasteiger partial charge on any atom is 0.211 e. The van der Waals surface area contributed by atoms with Crippen LogP contribution in [0, 0.1) is 11.7 Å². The minimum absolute atomic E-state index is 0.241. The van der Waals surface area contributed by atoms with Crippen molar-refractivity contribution >= 4 is 16.0 Å². The lowest BCUT2D eigenvalue weighted by Crippen LogP contribution is -2.44. The van der Waals surface area contributed by atoms with Gasteiger partial charge in [-0.25, -0.2) is 17.1 Å². The number of halogens is 1. The van der Waals surface area contributed by atoms with Crippen LogP contribution in [-0.4, -0.2) is 63.6 Å². The van der Waals surface area contributed by atoms with Gasteiger partial charge in [0.2, 0.25) is 10.0 Å². The number of guanidine groups is 1. The Morgan fingerprint density at radius 2 is 1.92 bits per heavy atom. The Morgan fingerprint density at radius 3 is 2.44 bits per heavy atom. The van der Waals surface area contributed by atoms with Crippen LogP contribution in [-0.2, 0) is 16.6 Å². The van der Waals surface area contributed by atoms with Gasteiger partial charge in [-0.1, -0.05) is 12.1 Å². The first-order valence-electron chi connectivity index (χ1n) is 8.41. The van der Waals surface area contributed by atoms with Gasteiger partial charge in [-0.05, 0) is 36.5 Å². The number of benzene rings is 1. The van der Waals surface area contributed by atoms with E-state index in [1.165, 1.54) is 18.4 Å². The minimum Gasteiger partial charge on any atom is -0.356 e. The fraction of sp³-hybridized carbons (Fsp3) is 0.588. The summed E-state index contributed by atoms with van der Waals surface area (Å²) < 4.78 is 37.6. The van der Waals surface area contributed by atoms with Gasteiger partial charge in [-0.3, -0.25) is 4.99 Å². The molecule has 1 heterocycles. The molecule has 8 heteroatoms. The topological polar surface area (TPSA) is 65.0 Å². The molecule has 1 aliphatic heterocycles. The van der Waals surface area contributed by atoms with Crippen LogP contribution in [0.5, 0.6) is 0 Å². The zero-order valence-corrected chi connectivity index (χ0v) is 15.9. The average Bonchev–Trinajstić information content (AvgIpc) is 2.57. The second kappa shape index (κ2) is 8.62. The zero-order valence-electron chi connectivity index (χ0n) is 15.1. The summed E-state index contributed by atoms with van der Waals surface area (Å²) in [5.41, 5.74) is 1.01. The van der Waals surface area contributed by atoms with Crippen molar-refractivity contribution in [2.75, 3.05) is 40.0 Å². The fourth-order valence-corrected chi connectivity index (χ4v) is 3.88. The van der Waals surface area contributed by atoms with Gasteiger partial charge >= 0.3 is 0 Å². The van der Waals surface area contributed by atoms with Gasteiger partial charge < -0.3 is 10.2 Å². The predicted molar refractivity (Wildman–Crippen MR) is 98.4 cm³/mol. The van der Waals surface area contributed by atoms with E-state index in [4.69, 9.17) is 0 Å². The second-order valence-corrected chi connectivity index (χ2v) is 8.50. The number of rotatable bonds is 5. The highest BCUT2D eigenvalue weighted by Crippen LogP contribution is 2.18. The van der Waals surface area contributed by atoms with Crippen LogP contribution in [0.2, 0.25) is 0 Å². The van der Waals surface area contributed by atoms with E-state index in [9.17, 15) is 12.8 Å². The van der Waals surface area contributed by atoms with Crippen molar-refractivity contribution in [2.45, 2.75) is 19.4 Å². The standard InChI is InChI=1S/C17H27FN4O2S/c1-19-17(21(2)13-15-4-6-16(18)7-5-15)20-12-14-8-10-22(11-9-14)25(3,23)24/h4-7,14H,8-13H2,1-3H3,(H,19,20). The van der Waals surface area contributed by atoms with Gasteiger partial charge in [0, 0.05) is 40.3 Å². The van der Waals surface area contributed by atoms with Crippen molar-refractivity contribution in [3.8, 4) is 0 Å². The smallest absolute Gasteiger partial charge is 0.211 e. The van der Waals surface area contributed by atoms with E-state index in [0.29, 0.717) is 25.6 Å². The Balaban J connectivity index is 1.81. The third-order valence-corrected chi connectivity index (χ3v) is 5.80. The summed E-state index contributed by atoms with van der Waals surface area (Å²) in [7, 11) is 0.585.